The lowest BCUT2D eigenvalue weighted by atomic mass is 10.1. The predicted molar refractivity (Wildman–Crippen MR) is 105 cm³/mol. The highest BCUT2D eigenvalue weighted by atomic mass is 19.1. The van der Waals surface area contributed by atoms with Crippen LogP contribution in [0.1, 0.15) is 33.2 Å². The second kappa shape index (κ2) is 8.43. The van der Waals surface area contributed by atoms with Crippen LogP contribution < -0.4 is 10.6 Å². The summed E-state index contributed by atoms with van der Waals surface area (Å²) in [6.07, 6.45) is 0.916. The molecule has 0 unspecified atom stereocenters. The summed E-state index contributed by atoms with van der Waals surface area (Å²) in [7, 11) is 0. The molecule has 28 heavy (non-hydrogen) atoms. The van der Waals surface area contributed by atoms with E-state index in [9.17, 15) is 18.4 Å². The van der Waals surface area contributed by atoms with Crippen LogP contribution in [0.25, 0.3) is 0 Å². The topological polar surface area (TPSA) is 58.2 Å². The van der Waals surface area contributed by atoms with Crippen molar-refractivity contribution in [3.8, 4) is 0 Å². The van der Waals surface area contributed by atoms with E-state index in [1.54, 1.807) is 0 Å². The van der Waals surface area contributed by atoms with Gasteiger partial charge in [0.15, 0.2) is 0 Å². The van der Waals surface area contributed by atoms with Crippen LogP contribution in [0.2, 0.25) is 0 Å². The fourth-order valence-electron chi connectivity index (χ4n) is 2.59. The first-order valence-corrected chi connectivity index (χ1v) is 8.73. The van der Waals surface area contributed by atoms with Gasteiger partial charge in [0.25, 0.3) is 11.8 Å². The minimum atomic E-state index is -0.863. The number of amides is 2. The monoisotopic (exact) mass is 380 g/mol. The molecule has 0 aliphatic heterocycles. The molecular weight excluding hydrogens is 362 g/mol. The number of nitrogens with one attached hydrogen (secondary N) is 2. The number of rotatable bonds is 5. The molecular formula is C22H18F2N2O2. The van der Waals surface area contributed by atoms with Gasteiger partial charge < -0.3 is 10.6 Å². The predicted octanol–water partition coefficient (Wildman–Crippen LogP) is 5.03. The molecule has 0 saturated carbocycles. The van der Waals surface area contributed by atoms with Gasteiger partial charge in [-0.3, -0.25) is 9.59 Å². The summed E-state index contributed by atoms with van der Waals surface area (Å²) in [5.74, 6) is -2.46. The van der Waals surface area contributed by atoms with Crippen LogP contribution in [0, 0.1) is 11.6 Å². The number of carbonyl (C=O) groups excluding carboxylic acids is 2. The van der Waals surface area contributed by atoms with Gasteiger partial charge in [0.1, 0.15) is 11.6 Å². The first-order valence-electron chi connectivity index (χ1n) is 8.73. The van der Waals surface area contributed by atoms with Gasteiger partial charge in [0.2, 0.25) is 0 Å². The zero-order chi connectivity index (χ0) is 20.1. The Morgan fingerprint density at radius 2 is 1.36 bits per heavy atom. The second-order valence-corrected chi connectivity index (χ2v) is 6.16. The van der Waals surface area contributed by atoms with Crippen molar-refractivity contribution in [1.29, 1.82) is 0 Å². The third-order valence-electron chi connectivity index (χ3n) is 4.21. The zero-order valence-corrected chi connectivity index (χ0v) is 15.1. The Kier molecular flexibility index (Phi) is 5.79. The average molecular weight is 380 g/mol. The molecule has 0 bridgehead atoms. The fourth-order valence-corrected chi connectivity index (χ4v) is 2.59. The maximum Gasteiger partial charge on any atom is 0.255 e. The maximum absolute atomic E-state index is 13.6. The summed E-state index contributed by atoms with van der Waals surface area (Å²) in [6, 6.07) is 16.4. The maximum atomic E-state index is 13.6. The van der Waals surface area contributed by atoms with Crippen molar-refractivity contribution in [2.75, 3.05) is 10.6 Å². The molecule has 0 atom stereocenters. The molecule has 6 heteroatoms. The number of halogens is 2. The Morgan fingerprint density at radius 1 is 0.786 bits per heavy atom. The van der Waals surface area contributed by atoms with Gasteiger partial charge in [-0.05, 0) is 60.5 Å². The molecule has 3 aromatic carbocycles. The number of hydrogen-bond donors (Lipinski definition) is 2. The van der Waals surface area contributed by atoms with Crippen LogP contribution in [0.5, 0.6) is 0 Å². The molecule has 0 spiro atoms. The third-order valence-corrected chi connectivity index (χ3v) is 4.21. The number of benzene rings is 3. The van der Waals surface area contributed by atoms with E-state index in [1.807, 2.05) is 24.3 Å². The zero-order valence-electron chi connectivity index (χ0n) is 15.1. The molecule has 142 valence electrons. The van der Waals surface area contributed by atoms with Gasteiger partial charge in [-0.2, -0.15) is 0 Å². The molecule has 3 rings (SSSR count). The van der Waals surface area contributed by atoms with E-state index in [2.05, 4.69) is 17.6 Å². The van der Waals surface area contributed by atoms with Gasteiger partial charge in [-0.15, -0.1) is 0 Å². The highest BCUT2D eigenvalue weighted by Crippen LogP contribution is 2.17. The van der Waals surface area contributed by atoms with E-state index >= 15 is 0 Å². The highest BCUT2D eigenvalue weighted by Gasteiger charge is 2.12. The lowest BCUT2D eigenvalue weighted by Gasteiger charge is -2.08. The van der Waals surface area contributed by atoms with Gasteiger partial charge in [0, 0.05) is 22.9 Å². The molecule has 3 aromatic rings. The molecule has 0 aromatic heterocycles. The SMILES string of the molecule is CCc1ccc(NC(=O)c2ccc(C(=O)Nc3ccc(F)cc3F)cc2)cc1. The van der Waals surface area contributed by atoms with Crippen molar-refractivity contribution in [2.24, 2.45) is 0 Å². The van der Waals surface area contributed by atoms with Gasteiger partial charge in [-0.1, -0.05) is 19.1 Å². The van der Waals surface area contributed by atoms with Crippen molar-refractivity contribution in [2.45, 2.75) is 13.3 Å². The average Bonchev–Trinajstić information content (AvgIpc) is 2.70. The number of carbonyl (C=O) groups is 2. The quantitative estimate of drug-likeness (QED) is 0.652. The van der Waals surface area contributed by atoms with Crippen LogP contribution in [-0.4, -0.2) is 11.8 Å². The second-order valence-electron chi connectivity index (χ2n) is 6.16. The molecule has 0 saturated heterocycles. The Balaban J connectivity index is 1.66. The largest absolute Gasteiger partial charge is 0.322 e. The van der Waals surface area contributed by atoms with Crippen LogP contribution in [-0.2, 0) is 6.42 Å². The first kappa shape index (κ1) is 19.2. The minimum absolute atomic E-state index is 0.122. The first-order chi connectivity index (χ1) is 13.5. The summed E-state index contributed by atoms with van der Waals surface area (Å²) in [4.78, 5) is 24.5. The lowest BCUT2D eigenvalue weighted by Crippen LogP contribution is -2.15. The lowest BCUT2D eigenvalue weighted by molar-refractivity contribution is 0.101. The molecule has 0 fully saturated rings. The Bertz CT molecular complexity index is 1000. The molecule has 4 nitrogen and oxygen atoms in total. The Morgan fingerprint density at radius 3 is 1.89 bits per heavy atom. The van der Waals surface area contributed by atoms with Crippen molar-refractivity contribution in [3.63, 3.8) is 0 Å². The Hall–Kier alpha value is -3.54. The van der Waals surface area contributed by atoms with E-state index < -0.39 is 17.5 Å². The van der Waals surface area contributed by atoms with Crippen molar-refractivity contribution in [1.82, 2.24) is 0 Å². The molecule has 2 N–H and O–H groups in total. The van der Waals surface area contributed by atoms with Crippen molar-refractivity contribution < 1.29 is 18.4 Å². The van der Waals surface area contributed by atoms with Gasteiger partial charge in [-0.25, -0.2) is 8.78 Å². The smallest absolute Gasteiger partial charge is 0.255 e. The van der Waals surface area contributed by atoms with Crippen LogP contribution in [0.15, 0.2) is 66.7 Å². The van der Waals surface area contributed by atoms with E-state index in [1.165, 1.54) is 29.8 Å². The summed E-state index contributed by atoms with van der Waals surface area (Å²) >= 11 is 0. The van der Waals surface area contributed by atoms with E-state index in [0.717, 1.165) is 18.6 Å². The molecule has 0 radical (unpaired) electrons. The molecule has 0 aliphatic rings. The molecule has 0 aliphatic carbocycles. The summed E-state index contributed by atoms with van der Waals surface area (Å²) in [5, 5.41) is 5.16. The van der Waals surface area contributed by atoms with Gasteiger partial charge >= 0.3 is 0 Å². The minimum Gasteiger partial charge on any atom is -0.322 e. The third kappa shape index (κ3) is 4.59. The Labute approximate surface area is 161 Å². The fraction of sp³-hybridized carbons (Fsp3) is 0.0909. The number of hydrogen-bond acceptors (Lipinski definition) is 2. The molecule has 0 heterocycles. The van der Waals surface area contributed by atoms with Crippen LogP contribution in [0.4, 0.5) is 20.2 Å². The summed E-state index contributed by atoms with van der Waals surface area (Å²) in [5.41, 5.74) is 2.35. The normalized spacial score (nSPS) is 10.4. The molecule has 2 amide bonds. The van der Waals surface area contributed by atoms with E-state index in [0.29, 0.717) is 17.3 Å². The highest BCUT2D eigenvalue weighted by molar-refractivity contribution is 6.07. The van der Waals surface area contributed by atoms with E-state index in [-0.39, 0.29) is 17.2 Å². The van der Waals surface area contributed by atoms with Crippen molar-refractivity contribution >= 4 is 23.2 Å². The van der Waals surface area contributed by atoms with Gasteiger partial charge in [0.05, 0.1) is 5.69 Å². The number of aryl methyl sites for hydroxylation is 1. The van der Waals surface area contributed by atoms with Crippen molar-refractivity contribution in [3.05, 3.63) is 95.1 Å². The number of anilines is 2. The van der Waals surface area contributed by atoms with E-state index in [4.69, 9.17) is 0 Å². The standard InChI is InChI=1S/C22H18F2N2O2/c1-2-14-3-10-18(11-4-14)25-21(27)15-5-7-16(8-6-15)22(28)26-20-12-9-17(23)13-19(20)24/h3-13H,2H2,1H3,(H,25,27)(H,26,28). The van der Waals surface area contributed by atoms with Crippen LogP contribution >= 0.6 is 0 Å². The summed E-state index contributed by atoms with van der Waals surface area (Å²) in [6.45, 7) is 2.05. The summed E-state index contributed by atoms with van der Waals surface area (Å²) < 4.78 is 26.6. The van der Waals surface area contributed by atoms with Crippen LogP contribution in [0.3, 0.4) is 0 Å².